The van der Waals surface area contributed by atoms with Crippen LogP contribution in [-0.4, -0.2) is 19.1 Å². The maximum absolute atomic E-state index is 5.44. The number of rotatable bonds is 4. The molecule has 0 saturated carbocycles. The van der Waals surface area contributed by atoms with Gasteiger partial charge in [0.2, 0.25) is 0 Å². The normalized spacial score (nSPS) is 12.4. The highest BCUT2D eigenvalue weighted by atomic mass is 32.2. The first-order chi connectivity index (χ1) is 26.8. The molecule has 1 aliphatic rings. The average molecular weight is 725 g/mol. The summed E-state index contributed by atoms with van der Waals surface area (Å²) in [6.07, 6.45) is 0. The SMILES string of the molecule is c1ccc(-c2nc(-c3ccccc3-c3cccc4c3c3c5cccc6c5n(c3n4-c3ccccc3)-c3ccccc3S6)nc3sc4ccccc4c23)cc1. The molecule has 6 heteroatoms. The highest BCUT2D eigenvalue weighted by Crippen LogP contribution is 2.51. The van der Waals surface area contributed by atoms with E-state index in [1.807, 2.05) is 11.8 Å². The quantitative estimate of drug-likeness (QED) is 0.181. The fourth-order valence-corrected chi connectivity index (χ4v) is 10.7. The Labute approximate surface area is 318 Å². The van der Waals surface area contributed by atoms with E-state index in [4.69, 9.17) is 9.97 Å². The van der Waals surface area contributed by atoms with E-state index < -0.39 is 0 Å². The summed E-state index contributed by atoms with van der Waals surface area (Å²) in [6, 6.07) is 60.9. The Morgan fingerprint density at radius 1 is 0.463 bits per heavy atom. The van der Waals surface area contributed by atoms with Crippen LogP contribution in [-0.2, 0) is 0 Å². The van der Waals surface area contributed by atoms with Gasteiger partial charge in [-0.2, -0.15) is 0 Å². The number of nitrogens with zero attached hydrogens (tertiary/aromatic N) is 4. The number of aromatic nitrogens is 4. The summed E-state index contributed by atoms with van der Waals surface area (Å²) in [6.45, 7) is 0. The Kier molecular flexibility index (Phi) is 6.40. The van der Waals surface area contributed by atoms with Crippen molar-refractivity contribution < 1.29 is 0 Å². The van der Waals surface area contributed by atoms with Crippen LogP contribution in [0.3, 0.4) is 0 Å². The molecular weight excluding hydrogens is 697 g/mol. The predicted molar refractivity (Wildman–Crippen MR) is 227 cm³/mol. The second-order valence-electron chi connectivity index (χ2n) is 13.7. The third-order valence-electron chi connectivity index (χ3n) is 10.8. The Morgan fingerprint density at radius 2 is 1.15 bits per heavy atom. The molecule has 0 amide bonds. The number of fused-ring (bicyclic) bond motifs is 10. The number of para-hydroxylation sites is 3. The van der Waals surface area contributed by atoms with Gasteiger partial charge in [-0.3, -0.25) is 9.13 Å². The maximum atomic E-state index is 5.44. The van der Waals surface area contributed by atoms with Crippen molar-refractivity contribution in [2.24, 2.45) is 0 Å². The Morgan fingerprint density at radius 3 is 2.04 bits per heavy atom. The van der Waals surface area contributed by atoms with Crippen LogP contribution < -0.4 is 0 Å². The Bertz CT molecular complexity index is 3300. The first-order valence-electron chi connectivity index (χ1n) is 18.1. The van der Waals surface area contributed by atoms with Crippen molar-refractivity contribution in [3.8, 4) is 45.1 Å². The molecule has 0 fully saturated rings. The third-order valence-corrected chi connectivity index (χ3v) is 12.9. The lowest BCUT2D eigenvalue weighted by Gasteiger charge is -2.21. The standard InChI is InChI=1S/C48H28N4S2/c1-3-15-29(16-4-1)44-43-34-21-9-11-26-38(34)54-47(43)50-46(49-44)33-20-8-7-19-31(33)32-22-13-25-37-41(32)42-35-23-14-28-40-45(35)52(36-24-10-12-27-39(36)53-40)48(42)51(37)30-17-5-2-6-18-30/h1-28H. The van der Waals surface area contributed by atoms with Gasteiger partial charge < -0.3 is 0 Å². The molecule has 0 N–H and O–H groups in total. The van der Waals surface area contributed by atoms with E-state index in [1.54, 1.807) is 11.3 Å². The number of hydrogen-bond acceptors (Lipinski definition) is 4. The summed E-state index contributed by atoms with van der Waals surface area (Å²) in [5.41, 5.74) is 11.3. The van der Waals surface area contributed by atoms with Crippen LogP contribution in [0.5, 0.6) is 0 Å². The number of thiophene rings is 1. The highest BCUT2D eigenvalue weighted by Gasteiger charge is 2.29. The van der Waals surface area contributed by atoms with E-state index >= 15 is 0 Å². The van der Waals surface area contributed by atoms with E-state index in [0.29, 0.717) is 0 Å². The number of benzene rings is 7. The summed E-state index contributed by atoms with van der Waals surface area (Å²) in [5, 5.41) is 6.03. The first-order valence-corrected chi connectivity index (χ1v) is 19.7. The first kappa shape index (κ1) is 30.0. The van der Waals surface area contributed by atoms with Gasteiger partial charge in [-0.15, -0.1) is 11.3 Å². The summed E-state index contributed by atoms with van der Waals surface area (Å²) in [5.74, 6) is 0.729. The van der Waals surface area contributed by atoms with Gasteiger partial charge in [0.1, 0.15) is 10.5 Å². The lowest BCUT2D eigenvalue weighted by Crippen LogP contribution is -2.05. The van der Waals surface area contributed by atoms with Gasteiger partial charge in [0.15, 0.2) is 5.82 Å². The van der Waals surface area contributed by atoms with E-state index in [1.165, 1.54) is 52.9 Å². The Balaban J connectivity index is 1.20. The zero-order chi connectivity index (χ0) is 35.3. The van der Waals surface area contributed by atoms with Gasteiger partial charge in [0.25, 0.3) is 0 Å². The topological polar surface area (TPSA) is 35.6 Å². The lowest BCUT2D eigenvalue weighted by molar-refractivity contribution is 1.03. The average Bonchev–Trinajstić information content (AvgIpc) is 3.90. The molecule has 0 saturated heterocycles. The summed E-state index contributed by atoms with van der Waals surface area (Å²) < 4.78 is 6.17. The molecule has 4 nitrogen and oxygen atoms in total. The molecule has 0 atom stereocenters. The van der Waals surface area contributed by atoms with Crippen molar-refractivity contribution in [1.29, 1.82) is 0 Å². The molecule has 12 rings (SSSR count). The smallest absolute Gasteiger partial charge is 0.162 e. The van der Waals surface area contributed by atoms with Crippen LogP contribution in [0.2, 0.25) is 0 Å². The van der Waals surface area contributed by atoms with E-state index in [2.05, 4.69) is 179 Å². The molecule has 5 heterocycles. The molecule has 0 spiro atoms. The number of hydrogen-bond donors (Lipinski definition) is 0. The van der Waals surface area contributed by atoms with Crippen LogP contribution in [0.1, 0.15) is 0 Å². The van der Waals surface area contributed by atoms with Gasteiger partial charge in [-0.05, 0) is 53.6 Å². The van der Waals surface area contributed by atoms with Gasteiger partial charge in [0.05, 0.1) is 22.4 Å². The van der Waals surface area contributed by atoms with E-state index in [9.17, 15) is 0 Å². The highest BCUT2D eigenvalue weighted by molar-refractivity contribution is 7.99. The van der Waals surface area contributed by atoms with Crippen molar-refractivity contribution in [2.75, 3.05) is 0 Å². The lowest BCUT2D eigenvalue weighted by atomic mass is 9.94. The third kappa shape index (κ3) is 4.20. The van der Waals surface area contributed by atoms with Crippen molar-refractivity contribution in [1.82, 2.24) is 19.1 Å². The fourth-order valence-electron chi connectivity index (χ4n) is 8.54. The zero-order valence-electron chi connectivity index (χ0n) is 28.8. The minimum atomic E-state index is 0.729. The molecule has 4 aromatic heterocycles. The maximum Gasteiger partial charge on any atom is 0.162 e. The summed E-state index contributed by atoms with van der Waals surface area (Å²) in [7, 11) is 0. The molecule has 0 aliphatic carbocycles. The van der Waals surface area contributed by atoms with Gasteiger partial charge in [0, 0.05) is 58.2 Å². The molecular formula is C48H28N4S2. The van der Waals surface area contributed by atoms with Crippen LogP contribution in [0, 0.1) is 0 Å². The van der Waals surface area contributed by atoms with Gasteiger partial charge in [-0.25, -0.2) is 9.97 Å². The molecule has 252 valence electrons. The van der Waals surface area contributed by atoms with E-state index in [-0.39, 0.29) is 0 Å². The monoisotopic (exact) mass is 724 g/mol. The van der Waals surface area contributed by atoms with Crippen molar-refractivity contribution in [2.45, 2.75) is 9.79 Å². The van der Waals surface area contributed by atoms with Gasteiger partial charge >= 0.3 is 0 Å². The second-order valence-corrected chi connectivity index (χ2v) is 15.8. The molecule has 7 aromatic carbocycles. The van der Waals surface area contributed by atoms with Crippen molar-refractivity contribution in [3.63, 3.8) is 0 Å². The van der Waals surface area contributed by atoms with Crippen molar-refractivity contribution >= 4 is 76.2 Å². The molecule has 11 aromatic rings. The van der Waals surface area contributed by atoms with Crippen LogP contribution in [0.4, 0.5) is 0 Å². The Hall–Kier alpha value is -6.47. The van der Waals surface area contributed by atoms with Crippen molar-refractivity contribution in [3.05, 3.63) is 170 Å². The molecule has 54 heavy (non-hydrogen) atoms. The van der Waals surface area contributed by atoms with Crippen LogP contribution in [0.25, 0.3) is 98.3 Å². The summed E-state index contributed by atoms with van der Waals surface area (Å²) in [4.78, 5) is 14.3. The van der Waals surface area contributed by atoms with Gasteiger partial charge in [-0.1, -0.05) is 139 Å². The molecule has 0 bridgehead atoms. The zero-order valence-corrected chi connectivity index (χ0v) is 30.4. The van der Waals surface area contributed by atoms with E-state index in [0.717, 1.165) is 55.2 Å². The minimum absolute atomic E-state index is 0.729. The van der Waals surface area contributed by atoms with Crippen LogP contribution in [0.15, 0.2) is 180 Å². The minimum Gasteiger partial charge on any atom is -0.295 e. The molecule has 0 radical (unpaired) electrons. The van der Waals surface area contributed by atoms with Crippen LogP contribution >= 0.6 is 23.1 Å². The summed E-state index contributed by atoms with van der Waals surface area (Å²) >= 11 is 3.59. The fraction of sp³-hybridized carbons (Fsp3) is 0. The second kappa shape index (κ2) is 11.5. The molecule has 0 unspecified atom stereocenters. The largest absolute Gasteiger partial charge is 0.295 e. The predicted octanol–water partition coefficient (Wildman–Crippen LogP) is 13.4. The molecule has 1 aliphatic heterocycles.